The molecule has 3 rings (SSSR count). The maximum Gasteiger partial charge on any atom is 0.332 e. The molecule has 69 heavy (non-hydrogen) atoms. The predicted molar refractivity (Wildman–Crippen MR) is 247 cm³/mol. The minimum Gasteiger partial charge on any atom is -0.479 e. The average molecular weight is 997 g/mol. The van der Waals surface area contributed by atoms with Crippen LogP contribution >= 0.6 is 0 Å². The van der Waals surface area contributed by atoms with Gasteiger partial charge >= 0.3 is 17.9 Å². The summed E-state index contributed by atoms with van der Waals surface area (Å²) in [5.74, 6) is -2.51. The summed E-state index contributed by atoms with van der Waals surface area (Å²) in [6.07, 6.45) is -3.86. The lowest BCUT2D eigenvalue weighted by Gasteiger charge is -2.46. The normalized spacial score (nSPS) is 31.0. The van der Waals surface area contributed by atoms with Gasteiger partial charge in [-0.05, 0) is 44.4 Å². The highest BCUT2D eigenvalue weighted by atomic mass is 16.8. The van der Waals surface area contributed by atoms with E-state index in [0.717, 1.165) is 103 Å². The van der Waals surface area contributed by atoms with Gasteiger partial charge in [-0.25, -0.2) is 4.79 Å². The number of aliphatic carboxylic acids is 1. The van der Waals surface area contributed by atoms with Crippen molar-refractivity contribution in [3.8, 4) is 0 Å². The van der Waals surface area contributed by atoms with Crippen molar-refractivity contribution in [2.75, 3.05) is 19.8 Å². The minimum atomic E-state index is -1.90. The molecule has 0 unspecified atom stereocenters. The number of unbranched alkanes of at least 4 members (excludes halogenated alkanes) is 13. The van der Waals surface area contributed by atoms with Gasteiger partial charge in [-0.15, -0.1) is 0 Å². The number of aliphatic hydroxyl groups excluding tert-OH is 8. The Balaban J connectivity index is 1.59. The SMILES string of the molecule is CCCCCC[C@@H](CCC[C@H](O)CCCCCCCCCCCCC[C@@H](O)C(=O)O)O[C@H]1OC[C@H](O)[C@@H](O)[C@@H]1O[C@H]1OC[C@H](OC(C)=O)[C@@H](O)[C@@H]1O[C@H]1O[C@@H](COC(=O)CC(C)C)[C@H](O)[C@@H](O)[C@@H]1O. The smallest absolute Gasteiger partial charge is 0.332 e. The highest BCUT2D eigenvalue weighted by Crippen LogP contribution is 2.33. The molecule has 3 saturated heterocycles. The molecular weight excluding hydrogens is 909 g/mol. The summed E-state index contributed by atoms with van der Waals surface area (Å²) in [5.41, 5.74) is 0. The molecule has 0 amide bonds. The highest BCUT2D eigenvalue weighted by molar-refractivity contribution is 5.71. The lowest BCUT2D eigenvalue weighted by molar-refractivity contribution is -0.380. The van der Waals surface area contributed by atoms with Gasteiger partial charge in [-0.2, -0.15) is 0 Å². The highest BCUT2D eigenvalue weighted by Gasteiger charge is 2.52. The number of hydrogen-bond acceptors (Lipinski definition) is 19. The molecule has 3 heterocycles. The van der Waals surface area contributed by atoms with Crippen molar-refractivity contribution >= 4 is 17.9 Å². The molecule has 0 bridgehead atoms. The van der Waals surface area contributed by atoms with Gasteiger partial charge in [0.25, 0.3) is 0 Å². The number of carbonyl (C=O) groups excluding carboxylic acids is 2. The van der Waals surface area contributed by atoms with E-state index in [-0.39, 0.29) is 25.0 Å². The minimum absolute atomic E-state index is 0.0192. The summed E-state index contributed by atoms with van der Waals surface area (Å²) in [5, 5.41) is 95.0. The van der Waals surface area contributed by atoms with Gasteiger partial charge in [0, 0.05) is 13.3 Å². The van der Waals surface area contributed by atoms with Crippen LogP contribution in [-0.4, -0.2) is 182 Å². The van der Waals surface area contributed by atoms with Gasteiger partial charge in [0.2, 0.25) is 0 Å². The van der Waals surface area contributed by atoms with Crippen LogP contribution in [0.2, 0.25) is 0 Å². The van der Waals surface area contributed by atoms with Crippen LogP contribution < -0.4 is 0 Å². The van der Waals surface area contributed by atoms with Crippen LogP contribution in [0.15, 0.2) is 0 Å². The molecule has 0 radical (unpaired) electrons. The third-order valence-electron chi connectivity index (χ3n) is 13.0. The largest absolute Gasteiger partial charge is 0.479 e. The van der Waals surface area contributed by atoms with Gasteiger partial charge < -0.3 is 83.9 Å². The molecule has 0 saturated carbocycles. The number of ether oxygens (including phenoxy) is 8. The Kier molecular flexibility index (Phi) is 29.7. The van der Waals surface area contributed by atoms with E-state index in [2.05, 4.69) is 6.92 Å². The quantitative estimate of drug-likeness (QED) is 0.0325. The van der Waals surface area contributed by atoms with Crippen LogP contribution in [0.5, 0.6) is 0 Å². The van der Waals surface area contributed by atoms with E-state index in [1.807, 2.05) is 13.8 Å². The summed E-state index contributed by atoms with van der Waals surface area (Å²) >= 11 is 0. The fourth-order valence-corrected chi connectivity index (χ4v) is 8.83. The van der Waals surface area contributed by atoms with Crippen LogP contribution in [0.25, 0.3) is 0 Å². The summed E-state index contributed by atoms with van der Waals surface area (Å²) in [7, 11) is 0. The number of carboxylic acid groups (broad SMARTS) is 1. The Hall–Kier alpha value is -2.15. The van der Waals surface area contributed by atoms with Crippen molar-refractivity contribution in [1.82, 2.24) is 0 Å². The molecule has 0 spiro atoms. The second kappa shape index (κ2) is 33.6. The summed E-state index contributed by atoms with van der Waals surface area (Å²) < 4.78 is 46.9. The summed E-state index contributed by atoms with van der Waals surface area (Å²) in [6, 6.07) is 0. The maximum atomic E-state index is 12.3. The van der Waals surface area contributed by atoms with E-state index < -0.39 is 123 Å². The molecule has 20 nitrogen and oxygen atoms in total. The number of aliphatic hydroxyl groups is 8. The molecule has 3 fully saturated rings. The van der Waals surface area contributed by atoms with Crippen LogP contribution in [-0.2, 0) is 52.3 Å². The average Bonchev–Trinajstić information content (AvgIpc) is 3.29. The first-order chi connectivity index (χ1) is 32.9. The van der Waals surface area contributed by atoms with Gasteiger partial charge in [-0.3, -0.25) is 9.59 Å². The van der Waals surface area contributed by atoms with E-state index >= 15 is 0 Å². The van der Waals surface area contributed by atoms with Crippen molar-refractivity contribution in [1.29, 1.82) is 0 Å². The van der Waals surface area contributed by atoms with Crippen LogP contribution in [0, 0.1) is 5.92 Å². The molecule has 16 atom stereocenters. The Morgan fingerprint density at radius 2 is 1.14 bits per heavy atom. The third-order valence-corrected chi connectivity index (χ3v) is 13.0. The van der Waals surface area contributed by atoms with Crippen molar-refractivity contribution in [3.63, 3.8) is 0 Å². The molecule has 3 aliphatic rings. The van der Waals surface area contributed by atoms with E-state index in [1.54, 1.807) is 0 Å². The fraction of sp³-hybridized carbons (Fsp3) is 0.939. The van der Waals surface area contributed by atoms with Gasteiger partial charge in [0.15, 0.2) is 31.1 Å². The van der Waals surface area contributed by atoms with Crippen LogP contribution in [0.3, 0.4) is 0 Å². The topological polar surface area (TPSA) is 307 Å². The molecule has 3 aliphatic heterocycles. The molecule has 0 aromatic rings. The van der Waals surface area contributed by atoms with Crippen molar-refractivity contribution in [2.45, 2.75) is 267 Å². The monoisotopic (exact) mass is 997 g/mol. The second-order valence-corrected chi connectivity index (χ2v) is 19.6. The van der Waals surface area contributed by atoms with Gasteiger partial charge in [-0.1, -0.05) is 117 Å². The van der Waals surface area contributed by atoms with Gasteiger partial charge in [0.05, 0.1) is 25.4 Å². The first kappa shape index (κ1) is 61.2. The third kappa shape index (κ3) is 22.7. The maximum absolute atomic E-state index is 12.3. The Bertz CT molecular complexity index is 1410. The zero-order valence-corrected chi connectivity index (χ0v) is 41.5. The number of rotatable bonds is 35. The molecule has 0 aliphatic carbocycles. The fourth-order valence-electron chi connectivity index (χ4n) is 8.83. The summed E-state index contributed by atoms with van der Waals surface area (Å²) in [6.45, 7) is 5.68. The van der Waals surface area contributed by atoms with E-state index in [4.69, 9.17) is 43.0 Å². The van der Waals surface area contributed by atoms with Gasteiger partial charge in [0.1, 0.15) is 61.5 Å². The molecule has 0 aromatic heterocycles. The number of carboxylic acids is 1. The Morgan fingerprint density at radius 3 is 1.75 bits per heavy atom. The van der Waals surface area contributed by atoms with Crippen LogP contribution in [0.1, 0.15) is 169 Å². The predicted octanol–water partition coefficient (Wildman–Crippen LogP) is 3.28. The first-order valence-corrected chi connectivity index (χ1v) is 25.8. The lowest BCUT2D eigenvalue weighted by Crippen LogP contribution is -2.65. The van der Waals surface area contributed by atoms with E-state index in [1.165, 1.54) is 0 Å². The lowest BCUT2D eigenvalue weighted by atomic mass is 9.98. The Morgan fingerprint density at radius 1 is 0.609 bits per heavy atom. The van der Waals surface area contributed by atoms with E-state index in [9.17, 15) is 55.2 Å². The van der Waals surface area contributed by atoms with Crippen LogP contribution in [0.4, 0.5) is 0 Å². The second-order valence-electron chi connectivity index (χ2n) is 19.6. The zero-order chi connectivity index (χ0) is 50.9. The number of carbonyl (C=O) groups is 3. The van der Waals surface area contributed by atoms with Crippen molar-refractivity contribution in [2.24, 2.45) is 5.92 Å². The molecule has 0 aromatic carbocycles. The summed E-state index contributed by atoms with van der Waals surface area (Å²) in [4.78, 5) is 35.0. The number of esters is 2. The van der Waals surface area contributed by atoms with Crippen molar-refractivity contribution in [3.05, 3.63) is 0 Å². The Labute approximate surface area is 408 Å². The van der Waals surface area contributed by atoms with Crippen molar-refractivity contribution < 1.29 is 98.2 Å². The standard InChI is InChI=1S/C49H88O20/c1-5-6-7-18-23-33(24-20-22-32(51)21-17-15-13-11-9-8-10-12-14-16-19-25-34(52)46(60)61)66-48-44(39(55)35(53)27-63-48)69-49-45(41(57)37(29-64-49)65-31(4)50)68-47-43(59)42(58)40(56)36(67-47)28-62-38(54)26-30(2)3/h30,32-37,39-45,47-49,51-53,55-59H,5-29H2,1-4H3,(H,60,61)/t32-,33+,34-,35+,36+,37+,39-,40+,41-,42-,43+,44+,45+,47-,48-,49-/m1/s1. The number of hydrogen-bond donors (Lipinski definition) is 9. The molecule has 404 valence electrons. The molecular formula is C49H88O20. The zero-order valence-electron chi connectivity index (χ0n) is 41.5. The molecule has 20 heteroatoms. The first-order valence-electron chi connectivity index (χ1n) is 25.8. The van der Waals surface area contributed by atoms with E-state index in [0.29, 0.717) is 38.5 Å². The molecule has 9 N–H and O–H groups in total.